The Morgan fingerprint density at radius 2 is 2.45 bits per heavy atom. The first-order valence-electron chi connectivity index (χ1n) is 5.58. The zero-order valence-corrected chi connectivity index (χ0v) is 10.9. The predicted molar refractivity (Wildman–Crippen MR) is 67.7 cm³/mol. The Labute approximate surface area is 118 Å². The highest BCUT2D eigenvalue weighted by molar-refractivity contribution is 6.21. The van der Waals surface area contributed by atoms with Gasteiger partial charge >= 0.3 is 0 Å². The number of nitrogens with zero attached hydrogens (tertiary/aromatic N) is 4. The lowest BCUT2D eigenvalue weighted by Crippen LogP contribution is -2.44. The predicted octanol–water partition coefficient (Wildman–Crippen LogP) is -0.273. The summed E-state index contributed by atoms with van der Waals surface area (Å²) in [6.07, 6.45) is 0.209. The third-order valence-corrected chi connectivity index (χ3v) is 3.50. The van der Waals surface area contributed by atoms with Crippen molar-refractivity contribution < 1.29 is 19.7 Å². The van der Waals surface area contributed by atoms with Crippen LogP contribution in [-0.4, -0.2) is 51.1 Å². The van der Waals surface area contributed by atoms with Crippen molar-refractivity contribution in [3.63, 3.8) is 0 Å². The van der Waals surface area contributed by atoms with Crippen LogP contribution in [0.5, 0.6) is 0 Å². The van der Waals surface area contributed by atoms with E-state index in [2.05, 4.69) is 21.9 Å². The maximum Gasteiger partial charge on any atom is 0.250 e. The molecule has 2 aliphatic rings. The quantitative estimate of drug-likeness (QED) is 0.286. The molecule has 0 aromatic carbocycles. The van der Waals surface area contributed by atoms with Gasteiger partial charge in [0.05, 0.1) is 6.61 Å². The average molecular weight is 302 g/mol. The van der Waals surface area contributed by atoms with Gasteiger partial charge in [0, 0.05) is 17.2 Å². The normalized spacial score (nSPS) is 36.8. The highest BCUT2D eigenvalue weighted by Gasteiger charge is 2.55. The molecule has 0 spiro atoms. The molecule has 0 aromatic rings. The van der Waals surface area contributed by atoms with Gasteiger partial charge in [0.25, 0.3) is 5.91 Å². The number of amides is 1. The first-order valence-corrected chi connectivity index (χ1v) is 6.02. The summed E-state index contributed by atoms with van der Waals surface area (Å²) in [5, 5.41) is 24.1. The standard InChI is InChI=1S/C10H12ClN5O4/c1-5-13-6(18)2-3-16(5)9-7(11)8(19)10(4-17,20-9)14-15-12/h2-3,7-9,17,19H,1,4H2,(H,13,18)/t7-,8+,9-,10-/m1/s1. The smallest absolute Gasteiger partial charge is 0.250 e. The number of azide groups is 1. The number of carbonyl (C=O) groups excluding carboxylic acids is 1. The molecule has 3 N–H and O–H groups in total. The van der Waals surface area contributed by atoms with E-state index in [9.17, 15) is 15.0 Å². The van der Waals surface area contributed by atoms with Gasteiger partial charge in [-0.3, -0.25) is 4.79 Å². The van der Waals surface area contributed by atoms with E-state index in [1.54, 1.807) is 0 Å². The lowest BCUT2D eigenvalue weighted by atomic mass is 10.1. The Morgan fingerprint density at radius 3 is 3.00 bits per heavy atom. The summed E-state index contributed by atoms with van der Waals surface area (Å²) < 4.78 is 5.42. The van der Waals surface area contributed by atoms with Gasteiger partial charge < -0.3 is 25.2 Å². The third-order valence-electron chi connectivity index (χ3n) is 3.04. The van der Waals surface area contributed by atoms with Crippen molar-refractivity contribution in [1.29, 1.82) is 0 Å². The highest BCUT2D eigenvalue weighted by Crippen LogP contribution is 2.38. The maximum absolute atomic E-state index is 11.2. The summed E-state index contributed by atoms with van der Waals surface area (Å²) in [5.41, 5.74) is 6.65. The number of rotatable bonds is 3. The molecule has 4 atom stereocenters. The fourth-order valence-electron chi connectivity index (χ4n) is 2.00. The molecule has 1 fully saturated rings. The van der Waals surface area contributed by atoms with Crippen LogP contribution >= 0.6 is 11.6 Å². The van der Waals surface area contributed by atoms with Crippen LogP contribution in [0, 0.1) is 0 Å². The molecular weight excluding hydrogens is 290 g/mol. The van der Waals surface area contributed by atoms with Crippen LogP contribution < -0.4 is 5.32 Å². The molecular formula is C10H12ClN5O4. The topological polar surface area (TPSA) is 131 Å². The monoisotopic (exact) mass is 301 g/mol. The Morgan fingerprint density at radius 1 is 1.75 bits per heavy atom. The molecule has 0 unspecified atom stereocenters. The Balaban J connectivity index is 2.31. The van der Waals surface area contributed by atoms with Crippen LogP contribution in [0.25, 0.3) is 10.4 Å². The van der Waals surface area contributed by atoms with Gasteiger partial charge in [-0.1, -0.05) is 11.7 Å². The molecule has 0 aliphatic carbocycles. The van der Waals surface area contributed by atoms with E-state index in [1.807, 2.05) is 0 Å². The number of ether oxygens (including phenoxy) is 1. The van der Waals surface area contributed by atoms with Crippen molar-refractivity contribution in [2.75, 3.05) is 6.61 Å². The maximum atomic E-state index is 11.2. The Kier molecular flexibility index (Phi) is 3.89. The van der Waals surface area contributed by atoms with Crippen LogP contribution in [0.4, 0.5) is 0 Å². The van der Waals surface area contributed by atoms with E-state index in [-0.39, 0.29) is 11.7 Å². The zero-order chi connectivity index (χ0) is 14.9. The van der Waals surface area contributed by atoms with E-state index in [0.717, 1.165) is 0 Å². The number of nitrogens with one attached hydrogen (secondary N) is 1. The molecule has 0 radical (unpaired) electrons. The first kappa shape index (κ1) is 14.6. The fourth-order valence-corrected chi connectivity index (χ4v) is 2.37. The molecule has 2 heterocycles. The number of aliphatic hydroxyl groups is 2. The number of halogens is 1. The van der Waals surface area contributed by atoms with Crippen molar-refractivity contribution in [2.45, 2.75) is 23.4 Å². The number of carbonyl (C=O) groups is 1. The number of hydrogen-bond donors (Lipinski definition) is 3. The second kappa shape index (κ2) is 5.31. The van der Waals surface area contributed by atoms with E-state index >= 15 is 0 Å². The van der Waals surface area contributed by atoms with Crippen LogP contribution in [0.1, 0.15) is 0 Å². The molecule has 108 valence electrons. The largest absolute Gasteiger partial charge is 0.393 e. The Hall–Kier alpha value is -1.77. The van der Waals surface area contributed by atoms with Crippen LogP contribution in [-0.2, 0) is 9.53 Å². The SMILES string of the molecule is C=C1NC(=O)C=CN1[C@@H]1O[C@@](CO)(N=[N+]=[N-])[C@@H](O)[C@H]1Cl. The molecule has 0 saturated carbocycles. The molecule has 2 rings (SSSR count). The van der Waals surface area contributed by atoms with Crippen molar-refractivity contribution in [1.82, 2.24) is 10.2 Å². The van der Waals surface area contributed by atoms with Crippen LogP contribution in [0.2, 0.25) is 0 Å². The molecule has 9 nitrogen and oxygen atoms in total. The fraction of sp³-hybridized carbons (Fsp3) is 0.500. The molecule has 1 amide bonds. The van der Waals surface area contributed by atoms with Gasteiger partial charge in [-0.25, -0.2) is 0 Å². The van der Waals surface area contributed by atoms with E-state index in [1.165, 1.54) is 17.2 Å². The minimum Gasteiger partial charge on any atom is -0.393 e. The molecule has 0 bridgehead atoms. The molecule has 1 saturated heterocycles. The summed E-state index contributed by atoms with van der Waals surface area (Å²) in [5.74, 6) is -0.172. The van der Waals surface area contributed by atoms with Gasteiger partial charge in [0.1, 0.15) is 17.3 Å². The summed E-state index contributed by atoms with van der Waals surface area (Å²) in [4.78, 5) is 15.1. The lowest BCUT2D eigenvalue weighted by molar-refractivity contribution is -0.132. The number of alkyl halides is 1. The molecule has 0 aromatic heterocycles. The number of aliphatic hydroxyl groups excluding tert-OH is 2. The third kappa shape index (κ3) is 2.21. The van der Waals surface area contributed by atoms with Gasteiger partial charge in [-0.2, -0.15) is 0 Å². The van der Waals surface area contributed by atoms with Crippen LogP contribution in [0.15, 0.2) is 29.8 Å². The minimum atomic E-state index is -1.87. The zero-order valence-electron chi connectivity index (χ0n) is 10.2. The lowest BCUT2D eigenvalue weighted by Gasteiger charge is -2.33. The first-order chi connectivity index (χ1) is 9.45. The average Bonchev–Trinajstić information content (AvgIpc) is 2.65. The summed E-state index contributed by atoms with van der Waals surface area (Å²) in [6, 6.07) is 0. The molecule has 2 aliphatic heterocycles. The van der Waals surface area contributed by atoms with E-state index < -0.39 is 30.0 Å². The van der Waals surface area contributed by atoms with Gasteiger partial charge in [-0.15, -0.1) is 11.6 Å². The van der Waals surface area contributed by atoms with Gasteiger partial charge in [-0.05, 0) is 5.53 Å². The summed E-state index contributed by atoms with van der Waals surface area (Å²) >= 11 is 6.06. The van der Waals surface area contributed by atoms with Gasteiger partial charge in [0.2, 0.25) is 0 Å². The van der Waals surface area contributed by atoms with Crippen molar-refractivity contribution in [3.8, 4) is 0 Å². The highest BCUT2D eigenvalue weighted by atomic mass is 35.5. The Bertz CT molecular complexity index is 520. The van der Waals surface area contributed by atoms with Crippen molar-refractivity contribution in [2.24, 2.45) is 5.11 Å². The van der Waals surface area contributed by atoms with Crippen LogP contribution in [0.3, 0.4) is 0 Å². The summed E-state index contributed by atoms with van der Waals surface area (Å²) in [7, 11) is 0. The second-order valence-corrected chi connectivity index (χ2v) is 4.75. The summed E-state index contributed by atoms with van der Waals surface area (Å²) in [6.45, 7) is 2.88. The second-order valence-electron chi connectivity index (χ2n) is 4.25. The molecule has 20 heavy (non-hydrogen) atoms. The molecule has 10 heteroatoms. The number of hydrogen-bond acceptors (Lipinski definition) is 6. The van der Waals surface area contributed by atoms with Gasteiger partial charge in [0.15, 0.2) is 12.0 Å². The minimum absolute atomic E-state index is 0.190. The van der Waals surface area contributed by atoms with E-state index in [4.69, 9.17) is 21.9 Å². The van der Waals surface area contributed by atoms with E-state index in [0.29, 0.717) is 0 Å². The van der Waals surface area contributed by atoms with Crippen molar-refractivity contribution >= 4 is 17.5 Å². The van der Waals surface area contributed by atoms with Crippen molar-refractivity contribution in [3.05, 3.63) is 35.1 Å².